The van der Waals surface area contributed by atoms with Gasteiger partial charge >= 0.3 is 0 Å². The SMILES string of the molecule is Cc1cnc(-c2cccc(-c3cccc4c3nc(-c3nc(C(C)(C)C)cc(C(C)(C)C)c3O)n4C)c2)cc1-c1ccccc1. The number of aryl methyl sites for hydroxylation is 2. The second-order valence-corrected chi connectivity index (χ2v) is 13.8. The van der Waals surface area contributed by atoms with E-state index < -0.39 is 0 Å². The Kier molecular flexibility index (Phi) is 7.16. The van der Waals surface area contributed by atoms with E-state index in [-0.39, 0.29) is 16.6 Å². The highest BCUT2D eigenvalue weighted by atomic mass is 16.3. The minimum Gasteiger partial charge on any atom is -0.505 e. The fourth-order valence-corrected chi connectivity index (χ4v) is 5.77. The van der Waals surface area contributed by atoms with Gasteiger partial charge in [-0.1, -0.05) is 102 Å². The van der Waals surface area contributed by atoms with Gasteiger partial charge in [0.15, 0.2) is 5.82 Å². The van der Waals surface area contributed by atoms with E-state index >= 15 is 0 Å². The van der Waals surface area contributed by atoms with Gasteiger partial charge in [-0.2, -0.15) is 0 Å². The van der Waals surface area contributed by atoms with E-state index in [4.69, 9.17) is 15.0 Å². The lowest BCUT2D eigenvalue weighted by Gasteiger charge is -2.26. The average molecular weight is 581 g/mol. The predicted octanol–water partition coefficient (Wildman–Crippen LogP) is 9.64. The van der Waals surface area contributed by atoms with Crippen molar-refractivity contribution in [3.63, 3.8) is 0 Å². The topological polar surface area (TPSA) is 63.8 Å². The van der Waals surface area contributed by atoms with Gasteiger partial charge in [-0.3, -0.25) is 4.98 Å². The number of hydrogen-bond donors (Lipinski definition) is 1. The van der Waals surface area contributed by atoms with Crippen LogP contribution >= 0.6 is 0 Å². The molecule has 0 aliphatic heterocycles. The number of para-hydroxylation sites is 1. The Balaban J connectivity index is 1.49. The van der Waals surface area contributed by atoms with E-state index in [9.17, 15) is 5.11 Å². The van der Waals surface area contributed by atoms with E-state index in [0.29, 0.717) is 11.5 Å². The van der Waals surface area contributed by atoms with Crippen LogP contribution in [-0.4, -0.2) is 24.6 Å². The van der Waals surface area contributed by atoms with Gasteiger partial charge < -0.3 is 9.67 Å². The first-order valence-corrected chi connectivity index (χ1v) is 15.2. The lowest BCUT2D eigenvalue weighted by molar-refractivity contribution is 0.441. The summed E-state index contributed by atoms with van der Waals surface area (Å²) in [6.45, 7) is 14.9. The Morgan fingerprint density at radius 2 is 1.36 bits per heavy atom. The Morgan fingerprint density at radius 1 is 0.682 bits per heavy atom. The summed E-state index contributed by atoms with van der Waals surface area (Å²) < 4.78 is 2.04. The van der Waals surface area contributed by atoms with E-state index in [1.807, 2.05) is 29.9 Å². The molecule has 0 fully saturated rings. The summed E-state index contributed by atoms with van der Waals surface area (Å²) >= 11 is 0. The monoisotopic (exact) mass is 580 g/mol. The van der Waals surface area contributed by atoms with Crippen LogP contribution in [0.5, 0.6) is 5.75 Å². The summed E-state index contributed by atoms with van der Waals surface area (Å²) in [5.74, 6) is 0.831. The summed E-state index contributed by atoms with van der Waals surface area (Å²) in [4.78, 5) is 15.0. The maximum Gasteiger partial charge on any atom is 0.163 e. The number of pyridine rings is 2. The van der Waals surface area contributed by atoms with Crippen LogP contribution in [0.3, 0.4) is 0 Å². The van der Waals surface area contributed by atoms with Crippen molar-refractivity contribution >= 4 is 11.0 Å². The maximum absolute atomic E-state index is 11.6. The molecule has 44 heavy (non-hydrogen) atoms. The first-order chi connectivity index (χ1) is 20.8. The molecule has 0 amide bonds. The number of hydrogen-bond acceptors (Lipinski definition) is 4. The summed E-state index contributed by atoms with van der Waals surface area (Å²) in [5, 5.41) is 11.6. The summed E-state index contributed by atoms with van der Waals surface area (Å²) in [6.07, 6.45) is 1.95. The van der Waals surface area contributed by atoms with Gasteiger partial charge in [0.2, 0.25) is 0 Å². The third-order valence-corrected chi connectivity index (χ3v) is 8.35. The molecule has 0 spiro atoms. The molecule has 3 aromatic carbocycles. The number of benzene rings is 3. The van der Waals surface area contributed by atoms with Crippen molar-refractivity contribution < 1.29 is 5.11 Å². The molecule has 1 N–H and O–H groups in total. The Labute approximate surface area is 260 Å². The molecule has 0 atom stereocenters. The fraction of sp³-hybridized carbons (Fsp3) is 0.256. The van der Waals surface area contributed by atoms with Crippen LogP contribution in [0.25, 0.3) is 56.1 Å². The predicted molar refractivity (Wildman–Crippen MR) is 182 cm³/mol. The van der Waals surface area contributed by atoms with Crippen molar-refractivity contribution in [2.75, 3.05) is 0 Å². The van der Waals surface area contributed by atoms with Crippen molar-refractivity contribution in [3.05, 3.63) is 108 Å². The molecule has 0 aliphatic rings. The Hall–Kier alpha value is -4.77. The molecule has 0 radical (unpaired) electrons. The number of rotatable bonds is 4. The molecule has 0 aliphatic carbocycles. The van der Waals surface area contributed by atoms with Crippen LogP contribution in [0.2, 0.25) is 0 Å². The van der Waals surface area contributed by atoms with Crippen LogP contribution in [0.4, 0.5) is 0 Å². The molecule has 0 bridgehead atoms. The summed E-state index contributed by atoms with van der Waals surface area (Å²) in [7, 11) is 1.99. The summed E-state index contributed by atoms with van der Waals surface area (Å²) in [5.41, 5.74) is 11.2. The zero-order valence-electron chi connectivity index (χ0n) is 26.9. The maximum atomic E-state index is 11.6. The summed E-state index contributed by atoms with van der Waals surface area (Å²) in [6, 6.07) is 29.4. The minimum absolute atomic E-state index is 0.187. The number of fused-ring (bicyclic) bond motifs is 1. The smallest absolute Gasteiger partial charge is 0.163 e. The van der Waals surface area contributed by atoms with E-state index in [1.165, 1.54) is 11.1 Å². The number of aromatic hydroxyl groups is 1. The largest absolute Gasteiger partial charge is 0.505 e. The molecule has 3 heterocycles. The van der Waals surface area contributed by atoms with Crippen molar-refractivity contribution in [2.45, 2.75) is 59.3 Å². The second kappa shape index (κ2) is 10.7. The van der Waals surface area contributed by atoms with Crippen molar-refractivity contribution in [1.29, 1.82) is 0 Å². The molecular formula is C39H40N4O. The number of aromatic nitrogens is 4. The van der Waals surface area contributed by atoms with Crippen molar-refractivity contribution in [2.24, 2.45) is 7.05 Å². The number of imidazole rings is 1. The molecule has 6 aromatic rings. The first kappa shape index (κ1) is 29.3. The third kappa shape index (κ3) is 5.28. The fourth-order valence-electron chi connectivity index (χ4n) is 5.77. The quantitative estimate of drug-likeness (QED) is 0.225. The van der Waals surface area contributed by atoms with Crippen LogP contribution in [0, 0.1) is 6.92 Å². The molecule has 222 valence electrons. The number of nitrogens with zero attached hydrogens (tertiary/aromatic N) is 4. The molecule has 6 rings (SSSR count). The molecule has 0 saturated carbocycles. The normalized spacial score (nSPS) is 12.2. The van der Waals surface area contributed by atoms with E-state index in [0.717, 1.165) is 50.2 Å². The van der Waals surface area contributed by atoms with Gasteiger partial charge in [-0.15, -0.1) is 0 Å². The highest BCUT2D eigenvalue weighted by Gasteiger charge is 2.29. The van der Waals surface area contributed by atoms with Crippen LogP contribution < -0.4 is 0 Å². The lowest BCUT2D eigenvalue weighted by atomic mass is 9.82. The lowest BCUT2D eigenvalue weighted by Crippen LogP contribution is -2.19. The van der Waals surface area contributed by atoms with Crippen LogP contribution in [0.1, 0.15) is 58.4 Å². The van der Waals surface area contributed by atoms with Crippen molar-refractivity contribution in [1.82, 2.24) is 19.5 Å². The van der Waals surface area contributed by atoms with Gasteiger partial charge in [0.25, 0.3) is 0 Å². The van der Waals surface area contributed by atoms with Crippen LogP contribution in [-0.2, 0) is 17.9 Å². The zero-order valence-corrected chi connectivity index (χ0v) is 26.9. The highest BCUT2D eigenvalue weighted by Crippen LogP contribution is 2.41. The molecule has 5 nitrogen and oxygen atoms in total. The molecular weight excluding hydrogens is 540 g/mol. The third-order valence-electron chi connectivity index (χ3n) is 8.35. The highest BCUT2D eigenvalue weighted by molar-refractivity contribution is 5.95. The van der Waals surface area contributed by atoms with Crippen molar-refractivity contribution in [3.8, 4) is 50.8 Å². The minimum atomic E-state index is -0.262. The Bertz CT molecular complexity index is 2010. The molecule has 3 aromatic heterocycles. The van der Waals surface area contributed by atoms with Crippen LogP contribution in [0.15, 0.2) is 91.1 Å². The average Bonchev–Trinajstić information content (AvgIpc) is 3.33. The van der Waals surface area contributed by atoms with Gasteiger partial charge in [0.1, 0.15) is 11.4 Å². The zero-order chi connectivity index (χ0) is 31.4. The van der Waals surface area contributed by atoms with E-state index in [2.05, 4.69) is 121 Å². The Morgan fingerprint density at radius 3 is 2.07 bits per heavy atom. The molecule has 0 saturated heterocycles. The first-order valence-electron chi connectivity index (χ1n) is 15.2. The van der Waals surface area contributed by atoms with Gasteiger partial charge in [0.05, 0.1) is 16.7 Å². The van der Waals surface area contributed by atoms with Gasteiger partial charge in [-0.05, 0) is 58.9 Å². The van der Waals surface area contributed by atoms with E-state index in [1.54, 1.807) is 0 Å². The van der Waals surface area contributed by atoms with Gasteiger partial charge in [0, 0.05) is 41.0 Å². The standard InChI is InChI=1S/C39H40N4O/c1-24-23-40-31(21-29(24)25-14-10-9-11-15-25)27-17-12-16-26(20-27)28-18-13-19-32-34(28)42-37(43(32)8)35-36(44)30(38(2,3)4)22-33(41-35)39(5,6)7/h9-23,44H,1-8H3. The van der Waals surface area contributed by atoms with Gasteiger partial charge in [-0.25, -0.2) is 9.97 Å². The molecule has 0 unspecified atom stereocenters. The molecule has 5 heteroatoms. The second-order valence-electron chi connectivity index (χ2n) is 13.8.